The zero-order valence-corrected chi connectivity index (χ0v) is 15.6. The predicted octanol–water partition coefficient (Wildman–Crippen LogP) is 4.41. The van der Waals surface area contributed by atoms with Gasteiger partial charge < -0.3 is 9.72 Å². The molecule has 1 N–H and O–H groups in total. The van der Waals surface area contributed by atoms with Crippen LogP contribution in [0.3, 0.4) is 0 Å². The lowest BCUT2D eigenvalue weighted by Gasteiger charge is -2.08. The Labute approximate surface area is 163 Å². The molecule has 138 valence electrons. The van der Waals surface area contributed by atoms with Gasteiger partial charge in [-0.15, -0.1) is 0 Å². The van der Waals surface area contributed by atoms with E-state index in [0.717, 1.165) is 27.8 Å². The minimum absolute atomic E-state index is 0.314. The van der Waals surface area contributed by atoms with E-state index in [1.54, 1.807) is 4.40 Å². The number of carbonyl (C=O) groups excluding carboxylic acids is 2. The minimum Gasteiger partial charge on any atom is -0.345 e. The maximum Gasteiger partial charge on any atom is 0.294 e. The molecule has 0 fully saturated rings. The van der Waals surface area contributed by atoms with Crippen LogP contribution in [0.4, 0.5) is 0 Å². The second-order valence-corrected chi connectivity index (χ2v) is 6.77. The van der Waals surface area contributed by atoms with E-state index in [9.17, 15) is 9.59 Å². The first-order valence-electron chi connectivity index (χ1n) is 9.17. The molecule has 0 aliphatic heterocycles. The van der Waals surface area contributed by atoms with Crippen LogP contribution in [0.15, 0.2) is 85.1 Å². The zero-order valence-electron chi connectivity index (χ0n) is 15.6. The van der Waals surface area contributed by atoms with Crippen LogP contribution in [0.25, 0.3) is 16.6 Å². The summed E-state index contributed by atoms with van der Waals surface area (Å²) < 4.78 is 1.77. The molecule has 0 saturated heterocycles. The lowest BCUT2D eigenvalue weighted by atomic mass is 10.0. The Bertz CT molecular complexity index is 1140. The fourth-order valence-corrected chi connectivity index (χ4v) is 3.27. The SMILES string of the molecule is Cc1ccc(CNC(=O)C(=O)c2c(-c3ccccc3)cc3ccccn23)cc1. The van der Waals surface area contributed by atoms with Crippen LogP contribution in [-0.2, 0) is 11.3 Å². The van der Waals surface area contributed by atoms with E-state index in [1.165, 1.54) is 0 Å². The van der Waals surface area contributed by atoms with Gasteiger partial charge in [-0.05, 0) is 36.2 Å². The van der Waals surface area contributed by atoms with Crippen LogP contribution < -0.4 is 5.32 Å². The van der Waals surface area contributed by atoms with Crippen molar-refractivity contribution in [2.75, 3.05) is 0 Å². The first kappa shape index (κ1) is 17.7. The molecular weight excluding hydrogens is 348 g/mol. The van der Waals surface area contributed by atoms with E-state index in [0.29, 0.717) is 12.2 Å². The van der Waals surface area contributed by atoms with E-state index in [2.05, 4.69) is 5.32 Å². The number of aryl methyl sites for hydroxylation is 1. The predicted molar refractivity (Wildman–Crippen MR) is 110 cm³/mol. The lowest BCUT2D eigenvalue weighted by Crippen LogP contribution is -2.31. The van der Waals surface area contributed by atoms with Crippen LogP contribution >= 0.6 is 0 Å². The number of fused-ring (bicyclic) bond motifs is 1. The second-order valence-electron chi connectivity index (χ2n) is 6.77. The van der Waals surface area contributed by atoms with E-state index < -0.39 is 11.7 Å². The number of aromatic nitrogens is 1. The fourth-order valence-electron chi connectivity index (χ4n) is 3.27. The van der Waals surface area contributed by atoms with Crippen molar-refractivity contribution in [3.63, 3.8) is 0 Å². The van der Waals surface area contributed by atoms with Gasteiger partial charge in [0.05, 0.1) is 0 Å². The van der Waals surface area contributed by atoms with Crippen molar-refractivity contribution in [1.82, 2.24) is 9.72 Å². The molecule has 2 aromatic carbocycles. The number of pyridine rings is 1. The normalized spacial score (nSPS) is 10.8. The van der Waals surface area contributed by atoms with Crippen molar-refractivity contribution in [3.8, 4) is 11.1 Å². The number of ketones is 1. The molecule has 28 heavy (non-hydrogen) atoms. The Morgan fingerprint density at radius 3 is 2.36 bits per heavy atom. The molecule has 0 aliphatic carbocycles. The number of nitrogens with one attached hydrogen (secondary N) is 1. The molecule has 1 amide bonds. The Morgan fingerprint density at radius 1 is 0.893 bits per heavy atom. The van der Waals surface area contributed by atoms with Crippen LogP contribution in [0, 0.1) is 6.92 Å². The van der Waals surface area contributed by atoms with Gasteiger partial charge in [0.25, 0.3) is 11.7 Å². The van der Waals surface area contributed by atoms with Gasteiger partial charge in [0.2, 0.25) is 0 Å². The summed E-state index contributed by atoms with van der Waals surface area (Å²) in [6, 6.07) is 25.1. The molecular formula is C24H20N2O2. The molecule has 4 aromatic rings. The van der Waals surface area contributed by atoms with E-state index >= 15 is 0 Å². The minimum atomic E-state index is -0.610. The van der Waals surface area contributed by atoms with Crippen molar-refractivity contribution >= 4 is 17.2 Å². The number of benzene rings is 2. The molecule has 4 nitrogen and oxygen atoms in total. The number of carbonyl (C=O) groups is 2. The molecule has 0 bridgehead atoms. The summed E-state index contributed by atoms with van der Waals surface area (Å²) in [4.78, 5) is 25.7. The highest BCUT2D eigenvalue weighted by atomic mass is 16.2. The summed E-state index contributed by atoms with van der Waals surface area (Å²) in [5.41, 5.74) is 5.01. The Kier molecular flexibility index (Phi) is 4.77. The van der Waals surface area contributed by atoms with Crippen molar-refractivity contribution < 1.29 is 9.59 Å². The smallest absolute Gasteiger partial charge is 0.294 e. The van der Waals surface area contributed by atoms with Crippen LogP contribution in [-0.4, -0.2) is 16.1 Å². The number of nitrogens with zero attached hydrogens (tertiary/aromatic N) is 1. The van der Waals surface area contributed by atoms with Crippen molar-refractivity contribution in [1.29, 1.82) is 0 Å². The van der Waals surface area contributed by atoms with Gasteiger partial charge in [-0.2, -0.15) is 0 Å². The fraction of sp³-hybridized carbons (Fsp3) is 0.0833. The van der Waals surface area contributed by atoms with Crippen molar-refractivity contribution in [2.45, 2.75) is 13.5 Å². The van der Waals surface area contributed by atoms with E-state index in [1.807, 2.05) is 92.0 Å². The average molecular weight is 368 g/mol. The first-order valence-corrected chi connectivity index (χ1v) is 9.17. The molecule has 0 aliphatic rings. The highest BCUT2D eigenvalue weighted by molar-refractivity contribution is 6.43. The molecule has 4 heteroatoms. The Morgan fingerprint density at radius 2 is 1.61 bits per heavy atom. The van der Waals surface area contributed by atoms with Crippen LogP contribution in [0.2, 0.25) is 0 Å². The van der Waals surface area contributed by atoms with E-state index in [-0.39, 0.29) is 0 Å². The van der Waals surface area contributed by atoms with Gasteiger partial charge in [0.1, 0.15) is 5.69 Å². The molecule has 0 unspecified atom stereocenters. The monoisotopic (exact) mass is 368 g/mol. The summed E-state index contributed by atoms with van der Waals surface area (Å²) in [6.07, 6.45) is 1.81. The molecule has 0 spiro atoms. The summed E-state index contributed by atoms with van der Waals surface area (Å²) in [7, 11) is 0. The number of rotatable bonds is 5. The first-order chi connectivity index (χ1) is 13.6. The van der Waals surface area contributed by atoms with Gasteiger partial charge >= 0.3 is 0 Å². The third-order valence-corrected chi connectivity index (χ3v) is 4.76. The van der Waals surface area contributed by atoms with Gasteiger partial charge in [-0.3, -0.25) is 9.59 Å². The zero-order chi connectivity index (χ0) is 19.5. The number of Topliss-reactive ketones (excluding diaryl/α,β-unsaturated/α-hetero) is 1. The largest absolute Gasteiger partial charge is 0.345 e. The summed E-state index contributed by atoms with van der Waals surface area (Å²) >= 11 is 0. The Balaban J connectivity index is 1.66. The van der Waals surface area contributed by atoms with Gasteiger partial charge in [0, 0.05) is 23.8 Å². The number of hydrogen-bond donors (Lipinski definition) is 1. The second kappa shape index (κ2) is 7.53. The summed E-state index contributed by atoms with van der Waals surface area (Å²) in [5.74, 6) is -1.15. The highest BCUT2D eigenvalue weighted by Crippen LogP contribution is 2.28. The quantitative estimate of drug-likeness (QED) is 0.419. The third kappa shape index (κ3) is 3.45. The van der Waals surface area contributed by atoms with E-state index in [4.69, 9.17) is 0 Å². The summed E-state index contributed by atoms with van der Waals surface area (Å²) in [5, 5.41) is 2.75. The van der Waals surface area contributed by atoms with Gasteiger partial charge in [-0.1, -0.05) is 66.2 Å². The molecule has 2 aromatic heterocycles. The average Bonchev–Trinajstić information content (AvgIpc) is 3.13. The standard InChI is InChI=1S/C24H20N2O2/c1-17-10-12-18(13-11-17)16-25-24(28)23(27)22-21(19-7-3-2-4-8-19)15-20-9-5-6-14-26(20)22/h2-15H,16H2,1H3,(H,25,28). The highest BCUT2D eigenvalue weighted by Gasteiger charge is 2.24. The maximum atomic E-state index is 13.1. The number of hydrogen-bond acceptors (Lipinski definition) is 2. The number of amides is 1. The Hall–Kier alpha value is -3.66. The lowest BCUT2D eigenvalue weighted by molar-refractivity contribution is -0.117. The topological polar surface area (TPSA) is 50.6 Å². The van der Waals surface area contributed by atoms with Gasteiger partial charge in [-0.25, -0.2) is 0 Å². The third-order valence-electron chi connectivity index (χ3n) is 4.76. The molecule has 4 rings (SSSR count). The molecule has 0 saturated carbocycles. The maximum absolute atomic E-state index is 13.1. The van der Waals surface area contributed by atoms with Crippen LogP contribution in [0.1, 0.15) is 21.6 Å². The molecule has 2 heterocycles. The van der Waals surface area contributed by atoms with Gasteiger partial charge in [0.15, 0.2) is 0 Å². The molecule has 0 radical (unpaired) electrons. The summed E-state index contributed by atoms with van der Waals surface area (Å²) in [6.45, 7) is 2.32. The van der Waals surface area contributed by atoms with Crippen molar-refractivity contribution in [2.24, 2.45) is 0 Å². The molecule has 0 atom stereocenters. The van der Waals surface area contributed by atoms with Crippen LogP contribution in [0.5, 0.6) is 0 Å². The van der Waals surface area contributed by atoms with Crippen molar-refractivity contribution in [3.05, 3.63) is 102 Å².